The number of hydrogen-bond acceptors (Lipinski definition) is 4. The first-order valence-corrected chi connectivity index (χ1v) is 10.2. The fourth-order valence-corrected chi connectivity index (χ4v) is 3.99. The third-order valence-electron chi connectivity index (χ3n) is 5.50. The Labute approximate surface area is 174 Å². The average molecular weight is 401 g/mol. The van der Waals surface area contributed by atoms with Crippen molar-refractivity contribution in [3.63, 3.8) is 0 Å². The average Bonchev–Trinajstić information content (AvgIpc) is 3.31. The lowest BCUT2D eigenvalue weighted by atomic mass is 10.0. The zero-order valence-corrected chi connectivity index (χ0v) is 17.1. The van der Waals surface area contributed by atoms with Gasteiger partial charge in [0.15, 0.2) is 0 Å². The van der Waals surface area contributed by atoms with Crippen LogP contribution in [0.4, 0.5) is 0 Å². The minimum atomic E-state index is -0.0226. The van der Waals surface area contributed by atoms with Gasteiger partial charge < -0.3 is 14.6 Å². The van der Waals surface area contributed by atoms with Gasteiger partial charge >= 0.3 is 0 Å². The van der Waals surface area contributed by atoms with Crippen LogP contribution in [0, 0.1) is 6.92 Å². The summed E-state index contributed by atoms with van der Waals surface area (Å²) < 4.78 is 7.66. The number of amides is 1. The largest absolute Gasteiger partial charge is 0.491 e. The number of carbonyl (C=O) groups is 1. The molecule has 30 heavy (non-hydrogen) atoms. The molecule has 152 valence electrons. The van der Waals surface area contributed by atoms with Crippen LogP contribution in [-0.4, -0.2) is 43.7 Å². The van der Waals surface area contributed by atoms with Crippen molar-refractivity contribution >= 4 is 16.9 Å². The van der Waals surface area contributed by atoms with E-state index in [4.69, 9.17) is 4.74 Å². The van der Waals surface area contributed by atoms with E-state index < -0.39 is 0 Å². The van der Waals surface area contributed by atoms with Crippen LogP contribution < -0.4 is 4.74 Å². The number of carbonyl (C=O) groups excluding carboxylic acids is 1. The van der Waals surface area contributed by atoms with E-state index in [0.717, 1.165) is 39.3 Å². The van der Waals surface area contributed by atoms with Gasteiger partial charge in [-0.1, -0.05) is 12.1 Å². The molecular formula is C23H23N5O2. The first-order valence-electron chi connectivity index (χ1n) is 10.2. The number of aryl methyl sites for hydroxylation is 2. The van der Waals surface area contributed by atoms with E-state index >= 15 is 0 Å². The standard InChI is InChI=1S/C23H23N5O2/c1-3-28-21(8-9-24-28)23(29)27-10-11-30-22-7-5-16(12-18(22)14-27)17-4-6-19-20(13-17)26-15(2)25-19/h4-9,12-13H,3,10-11,14H2,1-2H3,(H,25,26). The number of ether oxygens (including phenoxy) is 1. The molecule has 4 aromatic rings. The van der Waals surface area contributed by atoms with Gasteiger partial charge in [-0.05, 0) is 55.3 Å². The maximum Gasteiger partial charge on any atom is 0.272 e. The SMILES string of the molecule is CCn1nccc1C(=O)N1CCOc2ccc(-c3ccc4nc(C)[nH]c4c3)cc2C1. The Morgan fingerprint density at radius 2 is 2.00 bits per heavy atom. The molecule has 0 saturated carbocycles. The molecule has 0 atom stereocenters. The first-order chi connectivity index (χ1) is 14.6. The van der Waals surface area contributed by atoms with E-state index in [-0.39, 0.29) is 5.91 Å². The Hall–Kier alpha value is -3.61. The predicted octanol–water partition coefficient (Wildman–Crippen LogP) is 3.79. The summed E-state index contributed by atoms with van der Waals surface area (Å²) in [6.07, 6.45) is 1.67. The molecule has 0 saturated heterocycles. The molecule has 0 radical (unpaired) electrons. The maximum atomic E-state index is 13.1. The molecule has 1 aliphatic heterocycles. The summed E-state index contributed by atoms with van der Waals surface area (Å²) in [5.41, 5.74) is 5.76. The molecule has 3 heterocycles. The van der Waals surface area contributed by atoms with Crippen LogP contribution in [0.15, 0.2) is 48.7 Å². The number of H-pyrrole nitrogens is 1. The maximum absolute atomic E-state index is 13.1. The van der Waals surface area contributed by atoms with Crippen LogP contribution in [0.2, 0.25) is 0 Å². The summed E-state index contributed by atoms with van der Waals surface area (Å²) in [5, 5.41) is 4.23. The number of nitrogens with one attached hydrogen (secondary N) is 1. The minimum Gasteiger partial charge on any atom is -0.491 e. The monoisotopic (exact) mass is 401 g/mol. The van der Waals surface area contributed by atoms with Crippen molar-refractivity contribution in [2.24, 2.45) is 0 Å². The smallest absolute Gasteiger partial charge is 0.272 e. The fourth-order valence-electron chi connectivity index (χ4n) is 3.99. The fraction of sp³-hybridized carbons (Fsp3) is 0.261. The second kappa shape index (κ2) is 7.33. The Balaban J connectivity index is 1.47. The van der Waals surface area contributed by atoms with Crippen molar-refractivity contribution in [3.8, 4) is 16.9 Å². The number of aromatic amines is 1. The summed E-state index contributed by atoms with van der Waals surface area (Å²) >= 11 is 0. The number of hydrogen-bond donors (Lipinski definition) is 1. The lowest BCUT2D eigenvalue weighted by Crippen LogP contribution is -2.34. The molecule has 0 spiro atoms. The van der Waals surface area contributed by atoms with E-state index in [1.54, 1.807) is 16.9 Å². The van der Waals surface area contributed by atoms with Gasteiger partial charge in [-0.15, -0.1) is 0 Å². The van der Waals surface area contributed by atoms with E-state index in [1.807, 2.05) is 30.9 Å². The van der Waals surface area contributed by atoms with Gasteiger partial charge in [-0.2, -0.15) is 5.10 Å². The molecule has 1 N–H and O–H groups in total. The number of nitrogens with zero attached hydrogens (tertiary/aromatic N) is 4. The van der Waals surface area contributed by atoms with E-state index in [2.05, 4.69) is 39.3 Å². The van der Waals surface area contributed by atoms with Gasteiger partial charge in [0, 0.05) is 24.8 Å². The summed E-state index contributed by atoms with van der Waals surface area (Å²) in [6, 6.07) is 14.2. The van der Waals surface area contributed by atoms with Crippen molar-refractivity contribution in [3.05, 3.63) is 65.7 Å². The number of benzene rings is 2. The molecule has 5 rings (SSSR count). The van der Waals surface area contributed by atoms with Gasteiger partial charge in [0.25, 0.3) is 5.91 Å². The number of rotatable bonds is 3. The second-order valence-electron chi connectivity index (χ2n) is 7.48. The van der Waals surface area contributed by atoms with Crippen LogP contribution in [0.5, 0.6) is 5.75 Å². The molecule has 0 fully saturated rings. The topological polar surface area (TPSA) is 76.0 Å². The number of fused-ring (bicyclic) bond motifs is 2. The molecule has 1 aliphatic rings. The van der Waals surface area contributed by atoms with Crippen LogP contribution in [-0.2, 0) is 13.1 Å². The number of aromatic nitrogens is 4. The highest BCUT2D eigenvalue weighted by Gasteiger charge is 2.23. The lowest BCUT2D eigenvalue weighted by molar-refractivity contribution is 0.0720. The Morgan fingerprint density at radius 3 is 2.87 bits per heavy atom. The lowest BCUT2D eigenvalue weighted by Gasteiger charge is -2.20. The zero-order chi connectivity index (χ0) is 20.7. The van der Waals surface area contributed by atoms with E-state index in [1.165, 1.54) is 0 Å². The molecule has 2 aromatic carbocycles. The Bertz CT molecular complexity index is 1240. The third-order valence-corrected chi connectivity index (χ3v) is 5.50. The second-order valence-corrected chi connectivity index (χ2v) is 7.48. The Morgan fingerprint density at radius 1 is 1.17 bits per heavy atom. The van der Waals surface area contributed by atoms with Gasteiger partial charge in [0.1, 0.15) is 23.9 Å². The minimum absolute atomic E-state index is 0.0226. The highest BCUT2D eigenvalue weighted by atomic mass is 16.5. The highest BCUT2D eigenvalue weighted by molar-refractivity contribution is 5.92. The Kier molecular flexibility index (Phi) is 4.50. The van der Waals surface area contributed by atoms with Crippen molar-refractivity contribution in [2.45, 2.75) is 26.9 Å². The van der Waals surface area contributed by atoms with Crippen molar-refractivity contribution < 1.29 is 9.53 Å². The molecule has 7 heteroatoms. The number of imidazole rings is 1. The first kappa shape index (κ1) is 18.4. The molecule has 7 nitrogen and oxygen atoms in total. The summed E-state index contributed by atoms with van der Waals surface area (Å²) in [6.45, 7) is 6.11. The normalized spacial score (nSPS) is 13.7. The van der Waals surface area contributed by atoms with Crippen molar-refractivity contribution in [1.82, 2.24) is 24.6 Å². The molecular weight excluding hydrogens is 378 g/mol. The quantitative estimate of drug-likeness (QED) is 0.567. The van der Waals surface area contributed by atoms with Gasteiger partial charge in [-0.25, -0.2) is 4.98 Å². The predicted molar refractivity (Wildman–Crippen MR) is 114 cm³/mol. The highest BCUT2D eigenvalue weighted by Crippen LogP contribution is 2.31. The third kappa shape index (κ3) is 3.22. The summed E-state index contributed by atoms with van der Waals surface area (Å²) in [5.74, 6) is 1.71. The molecule has 1 amide bonds. The molecule has 0 bridgehead atoms. The molecule has 0 aliphatic carbocycles. The molecule has 2 aromatic heterocycles. The van der Waals surface area contributed by atoms with Gasteiger partial charge in [-0.3, -0.25) is 9.48 Å². The van der Waals surface area contributed by atoms with Crippen LogP contribution in [0.25, 0.3) is 22.2 Å². The van der Waals surface area contributed by atoms with Crippen LogP contribution >= 0.6 is 0 Å². The zero-order valence-electron chi connectivity index (χ0n) is 17.1. The van der Waals surface area contributed by atoms with E-state index in [0.29, 0.717) is 31.9 Å². The van der Waals surface area contributed by atoms with E-state index in [9.17, 15) is 4.79 Å². The van der Waals surface area contributed by atoms with Crippen molar-refractivity contribution in [1.29, 1.82) is 0 Å². The van der Waals surface area contributed by atoms with Gasteiger partial charge in [0.05, 0.1) is 17.6 Å². The summed E-state index contributed by atoms with van der Waals surface area (Å²) in [7, 11) is 0. The summed E-state index contributed by atoms with van der Waals surface area (Å²) in [4.78, 5) is 22.7. The van der Waals surface area contributed by atoms with Gasteiger partial charge in [0.2, 0.25) is 0 Å². The van der Waals surface area contributed by atoms with Crippen molar-refractivity contribution in [2.75, 3.05) is 13.2 Å². The molecule has 0 unspecified atom stereocenters. The van der Waals surface area contributed by atoms with Crippen LogP contribution in [0.3, 0.4) is 0 Å². The van der Waals surface area contributed by atoms with Crippen LogP contribution in [0.1, 0.15) is 28.8 Å².